The number of aliphatic carboxylic acids is 1. The molecule has 0 amide bonds. The topological polar surface area (TPSA) is 63.3 Å². The fourth-order valence-corrected chi connectivity index (χ4v) is 1.37. The van der Waals surface area contributed by atoms with E-state index >= 15 is 0 Å². The van der Waals surface area contributed by atoms with Crippen molar-refractivity contribution in [3.63, 3.8) is 0 Å². The number of carboxylic acids is 1. The largest absolute Gasteiger partial charge is 0.481 e. The van der Waals surface area contributed by atoms with Crippen LogP contribution in [0.1, 0.15) is 12.2 Å². The van der Waals surface area contributed by atoms with Crippen LogP contribution in [0.15, 0.2) is 22.7 Å². The fraction of sp³-hybridized carbons (Fsp3) is 0.200. The summed E-state index contributed by atoms with van der Waals surface area (Å²) in [5.74, 6) is -0.898. The number of benzene rings is 1. The van der Waals surface area contributed by atoms with E-state index in [1.54, 1.807) is 0 Å². The van der Waals surface area contributed by atoms with Gasteiger partial charge >= 0.3 is 5.97 Å². The van der Waals surface area contributed by atoms with Gasteiger partial charge in [-0.25, -0.2) is 4.39 Å². The van der Waals surface area contributed by atoms with Gasteiger partial charge in [-0.1, -0.05) is 5.16 Å². The molecule has 0 aliphatic heterocycles. The first-order chi connectivity index (χ1) is 7.16. The Hall–Kier alpha value is -1.91. The van der Waals surface area contributed by atoms with E-state index in [0.717, 1.165) is 0 Å². The number of fused-ring (bicyclic) bond motifs is 1. The highest BCUT2D eigenvalue weighted by molar-refractivity contribution is 5.80. The summed E-state index contributed by atoms with van der Waals surface area (Å²) in [7, 11) is 0. The Labute approximate surface area is 84.3 Å². The summed E-state index contributed by atoms with van der Waals surface area (Å²) in [6.45, 7) is 0. The number of aromatic nitrogens is 1. The molecule has 0 radical (unpaired) electrons. The Bertz CT molecular complexity index is 506. The minimum atomic E-state index is -0.920. The van der Waals surface area contributed by atoms with Crippen LogP contribution >= 0.6 is 0 Å². The van der Waals surface area contributed by atoms with E-state index in [9.17, 15) is 9.18 Å². The summed E-state index contributed by atoms with van der Waals surface area (Å²) in [6, 6.07) is 4.08. The first-order valence-corrected chi connectivity index (χ1v) is 4.42. The van der Waals surface area contributed by atoms with Crippen LogP contribution in [-0.4, -0.2) is 16.2 Å². The van der Waals surface area contributed by atoms with Crippen LogP contribution in [0, 0.1) is 5.82 Å². The third-order valence-corrected chi connectivity index (χ3v) is 2.08. The number of hydrogen-bond acceptors (Lipinski definition) is 3. The van der Waals surface area contributed by atoms with Gasteiger partial charge in [0.15, 0.2) is 0 Å². The number of carbonyl (C=O) groups is 1. The number of aryl methyl sites for hydroxylation is 1. The van der Waals surface area contributed by atoms with Crippen LogP contribution in [0.5, 0.6) is 0 Å². The lowest BCUT2D eigenvalue weighted by Crippen LogP contribution is -1.96. The van der Waals surface area contributed by atoms with E-state index in [0.29, 0.717) is 16.7 Å². The van der Waals surface area contributed by atoms with Gasteiger partial charge in [0, 0.05) is 11.8 Å². The zero-order valence-corrected chi connectivity index (χ0v) is 7.74. The quantitative estimate of drug-likeness (QED) is 0.839. The van der Waals surface area contributed by atoms with Gasteiger partial charge in [-0.3, -0.25) is 4.79 Å². The van der Waals surface area contributed by atoms with Crippen LogP contribution in [0.2, 0.25) is 0 Å². The molecule has 0 bridgehead atoms. The zero-order chi connectivity index (χ0) is 10.8. The third kappa shape index (κ3) is 1.96. The predicted molar refractivity (Wildman–Crippen MR) is 49.9 cm³/mol. The highest BCUT2D eigenvalue weighted by Crippen LogP contribution is 2.20. The van der Waals surface area contributed by atoms with Crippen molar-refractivity contribution in [2.75, 3.05) is 0 Å². The van der Waals surface area contributed by atoms with E-state index in [2.05, 4.69) is 5.16 Å². The van der Waals surface area contributed by atoms with Crippen LogP contribution in [-0.2, 0) is 11.2 Å². The molecule has 2 aromatic rings. The number of rotatable bonds is 3. The summed E-state index contributed by atoms with van der Waals surface area (Å²) in [6.07, 6.45) is 0.163. The van der Waals surface area contributed by atoms with Crippen molar-refractivity contribution < 1.29 is 18.8 Å². The first kappa shape index (κ1) is 9.64. The highest BCUT2D eigenvalue weighted by atomic mass is 19.1. The number of carboxylic acid groups (broad SMARTS) is 1. The van der Waals surface area contributed by atoms with Crippen molar-refractivity contribution in [3.05, 3.63) is 29.8 Å². The summed E-state index contributed by atoms with van der Waals surface area (Å²) in [5.41, 5.74) is 0.539. The van der Waals surface area contributed by atoms with E-state index < -0.39 is 5.97 Å². The molecule has 1 N–H and O–H groups in total. The average molecular weight is 209 g/mol. The van der Waals surface area contributed by atoms with Crippen molar-refractivity contribution in [2.24, 2.45) is 0 Å². The molecule has 5 heteroatoms. The molecule has 0 atom stereocenters. The van der Waals surface area contributed by atoms with E-state index in [-0.39, 0.29) is 18.7 Å². The zero-order valence-electron chi connectivity index (χ0n) is 7.74. The molecule has 4 nitrogen and oxygen atoms in total. The Morgan fingerprint density at radius 1 is 1.53 bits per heavy atom. The molecule has 1 aromatic carbocycles. The fourth-order valence-electron chi connectivity index (χ4n) is 1.37. The van der Waals surface area contributed by atoms with Crippen molar-refractivity contribution in [2.45, 2.75) is 12.8 Å². The van der Waals surface area contributed by atoms with Crippen LogP contribution < -0.4 is 0 Å². The Morgan fingerprint density at radius 2 is 2.33 bits per heavy atom. The van der Waals surface area contributed by atoms with E-state index in [1.807, 2.05) is 0 Å². The summed E-state index contributed by atoms with van der Waals surface area (Å²) >= 11 is 0. The van der Waals surface area contributed by atoms with Crippen LogP contribution in [0.4, 0.5) is 4.39 Å². The maximum absolute atomic E-state index is 12.9. The molecule has 1 aromatic heterocycles. The number of halogens is 1. The standard InChI is InChI=1S/C10H8FNO3/c11-6-1-2-8-7(5-6)9(15-12-8)3-4-10(13)14/h1-2,5H,3-4H2,(H,13,14). The first-order valence-electron chi connectivity index (χ1n) is 4.42. The lowest BCUT2D eigenvalue weighted by molar-refractivity contribution is -0.137. The summed E-state index contributed by atoms with van der Waals surface area (Å²) in [4.78, 5) is 10.4. The molecular formula is C10H8FNO3. The molecule has 0 saturated heterocycles. The highest BCUT2D eigenvalue weighted by Gasteiger charge is 2.10. The van der Waals surface area contributed by atoms with E-state index in [1.165, 1.54) is 18.2 Å². The number of nitrogens with zero attached hydrogens (tertiary/aromatic N) is 1. The lowest BCUT2D eigenvalue weighted by atomic mass is 10.1. The number of hydrogen-bond donors (Lipinski definition) is 1. The molecule has 1 heterocycles. The average Bonchev–Trinajstić information content (AvgIpc) is 2.57. The van der Waals surface area contributed by atoms with Gasteiger partial charge in [0.2, 0.25) is 0 Å². The second-order valence-electron chi connectivity index (χ2n) is 3.16. The lowest BCUT2D eigenvalue weighted by Gasteiger charge is -1.92. The van der Waals surface area contributed by atoms with Gasteiger partial charge in [-0.15, -0.1) is 0 Å². The minimum absolute atomic E-state index is 0.0548. The van der Waals surface area contributed by atoms with Gasteiger partial charge in [0.25, 0.3) is 0 Å². The van der Waals surface area contributed by atoms with Crippen molar-refractivity contribution in [1.29, 1.82) is 0 Å². The van der Waals surface area contributed by atoms with Crippen LogP contribution in [0.25, 0.3) is 10.9 Å². The molecule has 0 saturated carbocycles. The van der Waals surface area contributed by atoms with Crippen LogP contribution in [0.3, 0.4) is 0 Å². The maximum atomic E-state index is 12.9. The molecule has 78 valence electrons. The Morgan fingerprint density at radius 3 is 3.07 bits per heavy atom. The molecule has 0 unspecified atom stereocenters. The van der Waals surface area contributed by atoms with Crippen molar-refractivity contribution >= 4 is 16.9 Å². The molecular weight excluding hydrogens is 201 g/mol. The molecule has 0 spiro atoms. The van der Waals surface area contributed by atoms with Gasteiger partial charge in [0.05, 0.1) is 6.42 Å². The maximum Gasteiger partial charge on any atom is 0.303 e. The smallest absolute Gasteiger partial charge is 0.303 e. The van der Waals surface area contributed by atoms with Gasteiger partial charge in [0.1, 0.15) is 17.1 Å². The minimum Gasteiger partial charge on any atom is -0.481 e. The Balaban J connectivity index is 2.35. The molecule has 0 aliphatic rings. The second kappa shape index (κ2) is 3.68. The SMILES string of the molecule is O=C(O)CCc1onc2ccc(F)cc12. The molecule has 2 rings (SSSR count). The van der Waals surface area contributed by atoms with E-state index in [4.69, 9.17) is 9.63 Å². The summed E-state index contributed by atoms with van der Waals surface area (Å²) < 4.78 is 17.8. The second-order valence-corrected chi connectivity index (χ2v) is 3.16. The molecule has 15 heavy (non-hydrogen) atoms. The van der Waals surface area contributed by atoms with Crippen molar-refractivity contribution in [3.8, 4) is 0 Å². The van der Waals surface area contributed by atoms with Gasteiger partial charge in [-0.05, 0) is 18.2 Å². The molecule has 0 fully saturated rings. The Kier molecular flexibility index (Phi) is 2.37. The summed E-state index contributed by atoms with van der Waals surface area (Å²) in [5, 5.41) is 12.7. The van der Waals surface area contributed by atoms with Crippen molar-refractivity contribution in [1.82, 2.24) is 5.16 Å². The van der Waals surface area contributed by atoms with Gasteiger partial charge in [-0.2, -0.15) is 0 Å². The monoisotopic (exact) mass is 209 g/mol. The predicted octanol–water partition coefficient (Wildman–Crippen LogP) is 1.98. The normalized spacial score (nSPS) is 10.7. The van der Waals surface area contributed by atoms with Gasteiger partial charge < -0.3 is 9.63 Å². The molecule has 0 aliphatic carbocycles. The third-order valence-electron chi connectivity index (χ3n) is 2.08.